The first-order valence-electron chi connectivity index (χ1n) is 6.15. The number of benzene rings is 1. The van der Waals surface area contributed by atoms with Crippen LogP contribution in [0.2, 0.25) is 0 Å². The molecule has 0 aromatic heterocycles. The summed E-state index contributed by atoms with van der Waals surface area (Å²) in [4.78, 5) is 23.7. The SMILES string of the molecule is Cc1ccc(C2=C(CC(C)C)C(=O)NC2=O)cc1. The van der Waals surface area contributed by atoms with Crippen molar-refractivity contribution in [2.45, 2.75) is 27.2 Å². The van der Waals surface area contributed by atoms with Crippen LogP contribution in [0.15, 0.2) is 29.8 Å². The predicted molar refractivity (Wildman–Crippen MR) is 70.7 cm³/mol. The Morgan fingerprint density at radius 2 is 1.67 bits per heavy atom. The Hall–Kier alpha value is -1.90. The van der Waals surface area contributed by atoms with Gasteiger partial charge in [-0.25, -0.2) is 0 Å². The molecule has 0 bridgehead atoms. The molecule has 1 N–H and O–H groups in total. The first-order chi connectivity index (χ1) is 8.49. The van der Waals surface area contributed by atoms with Gasteiger partial charge in [-0.2, -0.15) is 0 Å². The molecule has 2 amide bonds. The third-order valence-corrected chi connectivity index (χ3v) is 2.98. The molecule has 18 heavy (non-hydrogen) atoms. The summed E-state index contributed by atoms with van der Waals surface area (Å²) < 4.78 is 0. The van der Waals surface area contributed by atoms with E-state index in [-0.39, 0.29) is 11.8 Å². The Bertz CT molecular complexity index is 524. The molecule has 0 radical (unpaired) electrons. The van der Waals surface area contributed by atoms with Gasteiger partial charge in [0, 0.05) is 5.57 Å². The lowest BCUT2D eigenvalue weighted by molar-refractivity contribution is -0.123. The van der Waals surface area contributed by atoms with Crippen LogP contribution in [0.4, 0.5) is 0 Å². The zero-order valence-electron chi connectivity index (χ0n) is 10.9. The number of carbonyl (C=O) groups is 2. The third kappa shape index (κ3) is 2.35. The van der Waals surface area contributed by atoms with E-state index in [4.69, 9.17) is 0 Å². The highest BCUT2D eigenvalue weighted by molar-refractivity contribution is 6.35. The Morgan fingerprint density at radius 3 is 2.22 bits per heavy atom. The number of imide groups is 1. The second-order valence-corrected chi connectivity index (χ2v) is 5.10. The summed E-state index contributed by atoms with van der Waals surface area (Å²) >= 11 is 0. The van der Waals surface area contributed by atoms with Gasteiger partial charge in [-0.05, 0) is 24.8 Å². The molecule has 1 heterocycles. The lowest BCUT2D eigenvalue weighted by Gasteiger charge is -2.07. The molecule has 0 fully saturated rings. The minimum Gasteiger partial charge on any atom is -0.288 e. The van der Waals surface area contributed by atoms with Crippen LogP contribution in [0.1, 0.15) is 31.4 Å². The van der Waals surface area contributed by atoms with Gasteiger partial charge in [-0.1, -0.05) is 43.7 Å². The minimum atomic E-state index is -0.278. The second-order valence-electron chi connectivity index (χ2n) is 5.10. The smallest absolute Gasteiger partial charge is 0.259 e. The van der Waals surface area contributed by atoms with E-state index in [0.29, 0.717) is 23.5 Å². The van der Waals surface area contributed by atoms with Crippen LogP contribution in [0.5, 0.6) is 0 Å². The minimum absolute atomic E-state index is 0.246. The molecule has 3 heteroatoms. The first kappa shape index (κ1) is 12.6. The van der Waals surface area contributed by atoms with Crippen LogP contribution < -0.4 is 5.32 Å². The predicted octanol–water partition coefficient (Wildman–Crippen LogP) is 2.45. The molecule has 0 aliphatic carbocycles. The summed E-state index contributed by atoms with van der Waals surface area (Å²) in [6.07, 6.45) is 0.626. The number of amides is 2. The molecule has 1 aliphatic rings. The maximum Gasteiger partial charge on any atom is 0.259 e. The summed E-state index contributed by atoms with van der Waals surface area (Å²) in [5.41, 5.74) is 3.10. The zero-order chi connectivity index (χ0) is 13.3. The molecule has 0 unspecified atom stereocenters. The van der Waals surface area contributed by atoms with E-state index in [2.05, 4.69) is 5.32 Å². The van der Waals surface area contributed by atoms with Gasteiger partial charge in [-0.15, -0.1) is 0 Å². The van der Waals surface area contributed by atoms with Crippen molar-refractivity contribution < 1.29 is 9.59 Å². The van der Waals surface area contributed by atoms with Crippen molar-refractivity contribution in [2.24, 2.45) is 5.92 Å². The van der Waals surface area contributed by atoms with Crippen molar-refractivity contribution in [3.05, 3.63) is 41.0 Å². The molecular weight excluding hydrogens is 226 g/mol. The maximum atomic E-state index is 11.9. The summed E-state index contributed by atoms with van der Waals surface area (Å²) in [5, 5.41) is 2.38. The van der Waals surface area contributed by atoms with Crippen molar-refractivity contribution in [2.75, 3.05) is 0 Å². The van der Waals surface area contributed by atoms with Crippen molar-refractivity contribution in [3.8, 4) is 0 Å². The highest BCUT2D eigenvalue weighted by Gasteiger charge is 2.30. The molecule has 0 saturated carbocycles. The summed E-state index contributed by atoms with van der Waals surface area (Å²) in [6, 6.07) is 7.68. The fourth-order valence-electron chi connectivity index (χ4n) is 2.12. The molecule has 0 spiro atoms. The quantitative estimate of drug-likeness (QED) is 0.829. The molecular formula is C15H17NO2. The van der Waals surface area contributed by atoms with E-state index >= 15 is 0 Å². The van der Waals surface area contributed by atoms with Gasteiger partial charge in [-0.3, -0.25) is 14.9 Å². The molecule has 2 rings (SSSR count). The number of hydrogen-bond donors (Lipinski definition) is 1. The third-order valence-electron chi connectivity index (χ3n) is 2.98. The van der Waals surface area contributed by atoms with Gasteiger partial charge in [0.05, 0.1) is 5.57 Å². The number of carbonyl (C=O) groups excluding carboxylic acids is 2. The van der Waals surface area contributed by atoms with Crippen LogP contribution in [0.25, 0.3) is 5.57 Å². The van der Waals surface area contributed by atoms with E-state index in [1.54, 1.807) is 0 Å². The molecule has 3 nitrogen and oxygen atoms in total. The molecule has 0 saturated heterocycles. The monoisotopic (exact) mass is 243 g/mol. The van der Waals surface area contributed by atoms with E-state index in [9.17, 15) is 9.59 Å². The first-order valence-corrected chi connectivity index (χ1v) is 6.15. The van der Waals surface area contributed by atoms with Crippen molar-refractivity contribution in [3.63, 3.8) is 0 Å². The van der Waals surface area contributed by atoms with Crippen LogP contribution >= 0.6 is 0 Å². The van der Waals surface area contributed by atoms with Crippen molar-refractivity contribution >= 4 is 17.4 Å². The second kappa shape index (κ2) is 4.77. The Kier molecular flexibility index (Phi) is 3.32. The fourth-order valence-corrected chi connectivity index (χ4v) is 2.12. The number of hydrogen-bond acceptors (Lipinski definition) is 2. The van der Waals surface area contributed by atoms with Gasteiger partial charge < -0.3 is 0 Å². The lowest BCUT2D eigenvalue weighted by atomic mass is 9.95. The average Bonchev–Trinajstić information content (AvgIpc) is 2.55. The molecule has 0 atom stereocenters. The Balaban J connectivity index is 2.48. The maximum absolute atomic E-state index is 11.9. The highest BCUT2D eigenvalue weighted by Crippen LogP contribution is 2.28. The van der Waals surface area contributed by atoms with Gasteiger partial charge in [0.2, 0.25) is 0 Å². The zero-order valence-corrected chi connectivity index (χ0v) is 10.9. The Morgan fingerprint density at radius 1 is 1.06 bits per heavy atom. The topological polar surface area (TPSA) is 46.2 Å². The fraction of sp³-hybridized carbons (Fsp3) is 0.333. The number of aryl methyl sites for hydroxylation is 1. The normalized spacial score (nSPS) is 15.6. The van der Waals surface area contributed by atoms with Crippen LogP contribution in [-0.4, -0.2) is 11.8 Å². The summed E-state index contributed by atoms with van der Waals surface area (Å²) in [6.45, 7) is 6.07. The lowest BCUT2D eigenvalue weighted by Crippen LogP contribution is -2.23. The van der Waals surface area contributed by atoms with Gasteiger partial charge >= 0.3 is 0 Å². The summed E-state index contributed by atoms with van der Waals surface area (Å²) in [7, 11) is 0. The van der Waals surface area contributed by atoms with E-state index in [1.165, 1.54) is 0 Å². The van der Waals surface area contributed by atoms with Crippen LogP contribution in [-0.2, 0) is 9.59 Å². The largest absolute Gasteiger partial charge is 0.288 e. The molecule has 1 aromatic carbocycles. The van der Waals surface area contributed by atoms with Gasteiger partial charge in [0.15, 0.2) is 0 Å². The van der Waals surface area contributed by atoms with Gasteiger partial charge in [0.1, 0.15) is 0 Å². The van der Waals surface area contributed by atoms with Gasteiger partial charge in [0.25, 0.3) is 11.8 Å². The standard InChI is InChI=1S/C15H17NO2/c1-9(2)8-12-13(15(18)16-14(12)17)11-6-4-10(3)5-7-11/h4-7,9H,8H2,1-3H3,(H,16,17,18). The number of rotatable bonds is 3. The Labute approximate surface area is 107 Å². The van der Waals surface area contributed by atoms with Crippen LogP contribution in [0, 0.1) is 12.8 Å². The molecule has 1 aliphatic heterocycles. The highest BCUT2D eigenvalue weighted by atomic mass is 16.2. The average molecular weight is 243 g/mol. The van der Waals surface area contributed by atoms with Crippen molar-refractivity contribution in [1.82, 2.24) is 5.32 Å². The number of nitrogens with one attached hydrogen (secondary N) is 1. The summed E-state index contributed by atoms with van der Waals surface area (Å²) in [5.74, 6) is -0.180. The van der Waals surface area contributed by atoms with E-state index < -0.39 is 0 Å². The van der Waals surface area contributed by atoms with E-state index in [1.807, 2.05) is 45.0 Å². The van der Waals surface area contributed by atoms with E-state index in [0.717, 1.165) is 11.1 Å². The molecule has 1 aromatic rings. The van der Waals surface area contributed by atoms with Crippen molar-refractivity contribution in [1.29, 1.82) is 0 Å². The molecule has 94 valence electrons. The van der Waals surface area contributed by atoms with Crippen LogP contribution in [0.3, 0.4) is 0 Å².